The Morgan fingerprint density at radius 1 is 1.37 bits per heavy atom. The fraction of sp³-hybridized carbons (Fsp3) is 0.538. The van der Waals surface area contributed by atoms with Crippen LogP contribution in [0.25, 0.3) is 10.4 Å². The maximum atomic E-state index is 8.35. The van der Waals surface area contributed by atoms with Crippen molar-refractivity contribution in [3.63, 3.8) is 0 Å². The second-order valence-corrected chi connectivity index (χ2v) is 5.38. The summed E-state index contributed by atoms with van der Waals surface area (Å²) in [5.74, 6) is 0. The predicted molar refractivity (Wildman–Crippen MR) is 75.4 cm³/mol. The maximum absolute atomic E-state index is 8.35. The lowest BCUT2D eigenvalue weighted by molar-refractivity contribution is -0.168. The minimum absolute atomic E-state index is 0.0895. The molecule has 1 saturated heterocycles. The van der Waals surface area contributed by atoms with Crippen molar-refractivity contribution in [1.82, 2.24) is 0 Å². The van der Waals surface area contributed by atoms with Gasteiger partial charge in [-0.15, -0.1) is 0 Å². The SMILES string of the molecule is [N-]=[N+]=NCc1cc(Br)cc(COC2CCCCO2)c1. The van der Waals surface area contributed by atoms with Gasteiger partial charge in [-0.25, -0.2) is 0 Å². The summed E-state index contributed by atoms with van der Waals surface area (Å²) in [6.07, 6.45) is 3.14. The molecule has 1 fully saturated rings. The molecule has 1 aromatic rings. The van der Waals surface area contributed by atoms with E-state index < -0.39 is 0 Å². The first-order valence-corrected chi connectivity index (χ1v) is 7.09. The molecule has 1 aromatic carbocycles. The molecule has 0 N–H and O–H groups in total. The number of azide groups is 1. The van der Waals surface area contributed by atoms with E-state index in [1.165, 1.54) is 0 Å². The quantitative estimate of drug-likeness (QED) is 0.460. The molecule has 1 heterocycles. The Balaban J connectivity index is 1.94. The Morgan fingerprint density at radius 2 is 2.21 bits per heavy atom. The Bertz CT molecular complexity index is 469. The molecule has 6 heteroatoms. The summed E-state index contributed by atoms with van der Waals surface area (Å²) in [7, 11) is 0. The highest BCUT2D eigenvalue weighted by Crippen LogP contribution is 2.20. The molecular formula is C13H16BrN3O2. The molecular weight excluding hydrogens is 310 g/mol. The van der Waals surface area contributed by atoms with E-state index in [1.54, 1.807) is 0 Å². The van der Waals surface area contributed by atoms with Gasteiger partial charge in [-0.1, -0.05) is 27.1 Å². The third kappa shape index (κ3) is 4.84. The number of rotatable bonds is 5. The molecule has 1 aliphatic rings. The Hall–Kier alpha value is -1.07. The van der Waals surface area contributed by atoms with Crippen molar-refractivity contribution < 1.29 is 9.47 Å². The average molecular weight is 326 g/mol. The minimum Gasteiger partial charge on any atom is -0.353 e. The topological polar surface area (TPSA) is 67.2 Å². The van der Waals surface area contributed by atoms with Crippen LogP contribution in [0.2, 0.25) is 0 Å². The van der Waals surface area contributed by atoms with Crippen LogP contribution in [0.4, 0.5) is 0 Å². The zero-order valence-corrected chi connectivity index (χ0v) is 12.2. The molecule has 0 aromatic heterocycles. The van der Waals surface area contributed by atoms with Crippen molar-refractivity contribution in [2.45, 2.75) is 38.7 Å². The van der Waals surface area contributed by atoms with Gasteiger partial charge in [-0.3, -0.25) is 0 Å². The highest BCUT2D eigenvalue weighted by atomic mass is 79.9. The third-order valence-electron chi connectivity index (χ3n) is 2.91. The lowest BCUT2D eigenvalue weighted by Gasteiger charge is -2.22. The first kappa shape index (κ1) is 14.3. The normalized spacial score (nSPS) is 18.9. The first-order chi connectivity index (χ1) is 9.28. The molecule has 0 amide bonds. The standard InChI is InChI=1S/C13H16BrN3O2/c14-12-6-10(8-16-17-15)5-11(7-12)9-19-13-3-1-2-4-18-13/h5-7,13H,1-4,8-9H2. The van der Waals surface area contributed by atoms with E-state index in [0.29, 0.717) is 13.2 Å². The second kappa shape index (κ2) is 7.50. The van der Waals surface area contributed by atoms with Gasteiger partial charge in [0.2, 0.25) is 0 Å². The molecule has 1 unspecified atom stereocenters. The van der Waals surface area contributed by atoms with Crippen molar-refractivity contribution in [3.05, 3.63) is 44.2 Å². The van der Waals surface area contributed by atoms with Gasteiger partial charge in [0.1, 0.15) is 0 Å². The third-order valence-corrected chi connectivity index (χ3v) is 3.37. The van der Waals surface area contributed by atoms with Crippen LogP contribution >= 0.6 is 15.9 Å². The molecule has 0 saturated carbocycles. The summed E-state index contributed by atoms with van der Waals surface area (Å²) in [5.41, 5.74) is 10.4. The molecule has 0 aliphatic carbocycles. The largest absolute Gasteiger partial charge is 0.353 e. The molecule has 19 heavy (non-hydrogen) atoms. The van der Waals surface area contributed by atoms with Gasteiger partial charge < -0.3 is 9.47 Å². The van der Waals surface area contributed by atoms with Gasteiger partial charge in [0.25, 0.3) is 0 Å². The summed E-state index contributed by atoms with van der Waals surface area (Å²) in [5, 5.41) is 3.57. The van der Waals surface area contributed by atoms with E-state index in [1.807, 2.05) is 18.2 Å². The van der Waals surface area contributed by atoms with E-state index in [4.69, 9.17) is 15.0 Å². The predicted octanol–water partition coefficient (Wildman–Crippen LogP) is 4.30. The summed E-state index contributed by atoms with van der Waals surface area (Å²) < 4.78 is 12.2. The fourth-order valence-electron chi connectivity index (χ4n) is 2.04. The zero-order valence-electron chi connectivity index (χ0n) is 10.6. The highest BCUT2D eigenvalue weighted by molar-refractivity contribution is 9.10. The smallest absolute Gasteiger partial charge is 0.158 e. The number of ether oxygens (including phenoxy) is 2. The lowest BCUT2D eigenvalue weighted by Crippen LogP contribution is -2.22. The zero-order chi connectivity index (χ0) is 13.5. The first-order valence-electron chi connectivity index (χ1n) is 6.30. The van der Waals surface area contributed by atoms with Gasteiger partial charge in [-0.2, -0.15) is 0 Å². The van der Waals surface area contributed by atoms with Crippen LogP contribution in [0.5, 0.6) is 0 Å². The van der Waals surface area contributed by atoms with Crippen LogP contribution in [-0.2, 0) is 22.6 Å². The van der Waals surface area contributed by atoms with Crippen molar-refractivity contribution in [2.75, 3.05) is 6.61 Å². The molecule has 0 radical (unpaired) electrons. The van der Waals surface area contributed by atoms with E-state index in [2.05, 4.69) is 26.0 Å². The maximum Gasteiger partial charge on any atom is 0.158 e. The fourth-order valence-corrected chi connectivity index (χ4v) is 2.63. The molecule has 1 atom stereocenters. The van der Waals surface area contributed by atoms with Gasteiger partial charge in [0, 0.05) is 16.0 Å². The summed E-state index contributed by atoms with van der Waals surface area (Å²) in [4.78, 5) is 2.77. The van der Waals surface area contributed by atoms with Crippen LogP contribution in [0.15, 0.2) is 27.8 Å². The Labute approximate surface area is 120 Å². The van der Waals surface area contributed by atoms with Crippen molar-refractivity contribution in [3.8, 4) is 0 Å². The molecule has 5 nitrogen and oxygen atoms in total. The van der Waals surface area contributed by atoms with E-state index in [0.717, 1.165) is 41.5 Å². The average Bonchev–Trinajstić information content (AvgIpc) is 2.43. The highest BCUT2D eigenvalue weighted by Gasteiger charge is 2.14. The van der Waals surface area contributed by atoms with Crippen LogP contribution in [-0.4, -0.2) is 12.9 Å². The van der Waals surface area contributed by atoms with E-state index in [-0.39, 0.29) is 6.29 Å². The number of nitrogens with zero attached hydrogens (tertiary/aromatic N) is 3. The summed E-state index contributed by atoms with van der Waals surface area (Å²) >= 11 is 3.45. The van der Waals surface area contributed by atoms with E-state index in [9.17, 15) is 0 Å². The monoisotopic (exact) mass is 325 g/mol. The van der Waals surface area contributed by atoms with Crippen LogP contribution < -0.4 is 0 Å². The Kier molecular flexibility index (Phi) is 5.66. The number of hydrogen-bond donors (Lipinski definition) is 0. The van der Waals surface area contributed by atoms with Gasteiger partial charge in [0.15, 0.2) is 6.29 Å². The summed E-state index contributed by atoms with van der Waals surface area (Å²) in [6.45, 7) is 1.64. The van der Waals surface area contributed by atoms with Crippen LogP contribution in [0.3, 0.4) is 0 Å². The van der Waals surface area contributed by atoms with Crippen LogP contribution in [0.1, 0.15) is 30.4 Å². The van der Waals surface area contributed by atoms with E-state index >= 15 is 0 Å². The molecule has 1 aliphatic heterocycles. The van der Waals surface area contributed by atoms with Crippen molar-refractivity contribution in [1.29, 1.82) is 0 Å². The van der Waals surface area contributed by atoms with Gasteiger partial charge >= 0.3 is 0 Å². The Morgan fingerprint density at radius 3 is 2.95 bits per heavy atom. The number of halogens is 1. The number of hydrogen-bond acceptors (Lipinski definition) is 3. The molecule has 102 valence electrons. The second-order valence-electron chi connectivity index (χ2n) is 4.46. The molecule has 0 bridgehead atoms. The van der Waals surface area contributed by atoms with Gasteiger partial charge in [-0.05, 0) is 48.1 Å². The van der Waals surface area contributed by atoms with Gasteiger partial charge in [0.05, 0.1) is 13.2 Å². The molecule has 0 spiro atoms. The lowest BCUT2D eigenvalue weighted by atomic mass is 10.1. The molecule has 2 rings (SSSR count). The van der Waals surface area contributed by atoms with Crippen molar-refractivity contribution >= 4 is 15.9 Å². The van der Waals surface area contributed by atoms with Crippen LogP contribution in [0, 0.1) is 0 Å². The number of benzene rings is 1. The summed E-state index contributed by atoms with van der Waals surface area (Å²) in [6, 6.07) is 5.93. The van der Waals surface area contributed by atoms with Crippen molar-refractivity contribution in [2.24, 2.45) is 5.11 Å². The minimum atomic E-state index is -0.0895.